The van der Waals surface area contributed by atoms with Gasteiger partial charge in [0.25, 0.3) is 5.91 Å². The van der Waals surface area contributed by atoms with Gasteiger partial charge >= 0.3 is 0 Å². The summed E-state index contributed by atoms with van der Waals surface area (Å²) in [6.07, 6.45) is 0. The number of aryl methyl sites for hydroxylation is 1. The van der Waals surface area contributed by atoms with Crippen LogP contribution in [0.2, 0.25) is 0 Å². The van der Waals surface area contributed by atoms with Crippen LogP contribution in [0.25, 0.3) is 0 Å². The van der Waals surface area contributed by atoms with E-state index in [1.54, 1.807) is 31.2 Å². The van der Waals surface area contributed by atoms with E-state index in [9.17, 15) is 14.0 Å². The molecule has 2 N–H and O–H groups in total. The lowest BCUT2D eigenvalue weighted by Gasteiger charge is -2.08. The number of nitrogens with one attached hydrogen (secondary N) is 2. The molecular formula is C17H16FIN2O2. The summed E-state index contributed by atoms with van der Waals surface area (Å²) >= 11 is 2.07. The van der Waals surface area contributed by atoms with Crippen molar-refractivity contribution in [3.05, 3.63) is 68.5 Å². The van der Waals surface area contributed by atoms with Crippen molar-refractivity contribution in [3.8, 4) is 0 Å². The molecule has 0 aliphatic rings. The third-order valence-corrected chi connectivity index (χ3v) is 4.19. The van der Waals surface area contributed by atoms with Crippen LogP contribution in [0, 0.1) is 16.3 Å². The van der Waals surface area contributed by atoms with Gasteiger partial charge in [-0.15, -0.1) is 0 Å². The molecule has 2 rings (SSSR count). The topological polar surface area (TPSA) is 58.2 Å². The predicted octanol–water partition coefficient (Wildman–Crippen LogP) is 2.78. The molecule has 6 heteroatoms. The van der Waals surface area contributed by atoms with Gasteiger partial charge in [-0.3, -0.25) is 9.59 Å². The predicted molar refractivity (Wildman–Crippen MR) is 94.5 cm³/mol. The Morgan fingerprint density at radius 2 is 1.87 bits per heavy atom. The standard InChI is InChI=1S/C17H16FIN2O2/c1-11-6-7-12(8-14(11)18)9-20-16(22)10-21-17(23)13-4-2-3-5-15(13)19/h2-8H,9-10H2,1H3,(H,20,22)(H,21,23). The number of hydrogen-bond donors (Lipinski definition) is 2. The lowest BCUT2D eigenvalue weighted by molar-refractivity contribution is -0.120. The minimum Gasteiger partial charge on any atom is -0.350 e. The molecule has 0 saturated heterocycles. The first-order valence-corrected chi connectivity index (χ1v) is 8.09. The van der Waals surface area contributed by atoms with E-state index in [1.165, 1.54) is 6.07 Å². The second kappa shape index (κ2) is 8.05. The van der Waals surface area contributed by atoms with Crippen LogP contribution < -0.4 is 10.6 Å². The van der Waals surface area contributed by atoms with E-state index in [0.717, 1.165) is 3.57 Å². The molecule has 0 aromatic heterocycles. The Labute approximate surface area is 147 Å². The van der Waals surface area contributed by atoms with E-state index >= 15 is 0 Å². The molecule has 4 nitrogen and oxygen atoms in total. The third kappa shape index (κ3) is 5.02. The minimum absolute atomic E-state index is 0.127. The highest BCUT2D eigenvalue weighted by molar-refractivity contribution is 14.1. The van der Waals surface area contributed by atoms with Crippen LogP contribution in [0.4, 0.5) is 4.39 Å². The summed E-state index contributed by atoms with van der Waals surface area (Å²) in [5, 5.41) is 5.21. The third-order valence-electron chi connectivity index (χ3n) is 3.25. The maximum atomic E-state index is 13.4. The zero-order valence-corrected chi connectivity index (χ0v) is 14.7. The summed E-state index contributed by atoms with van der Waals surface area (Å²) in [6.45, 7) is 1.77. The Morgan fingerprint density at radius 1 is 1.13 bits per heavy atom. The Morgan fingerprint density at radius 3 is 2.57 bits per heavy atom. The first-order chi connectivity index (χ1) is 11.0. The fourth-order valence-electron chi connectivity index (χ4n) is 1.91. The van der Waals surface area contributed by atoms with E-state index in [0.29, 0.717) is 16.7 Å². The molecule has 0 spiro atoms. The van der Waals surface area contributed by atoms with Gasteiger partial charge in [0.05, 0.1) is 12.1 Å². The first-order valence-electron chi connectivity index (χ1n) is 7.02. The number of carbonyl (C=O) groups excluding carboxylic acids is 2. The van der Waals surface area contributed by atoms with Gasteiger partial charge in [0.15, 0.2) is 0 Å². The first kappa shape index (κ1) is 17.4. The molecule has 2 aromatic rings. The molecule has 0 radical (unpaired) electrons. The zero-order valence-electron chi connectivity index (χ0n) is 12.5. The van der Waals surface area contributed by atoms with Gasteiger partial charge in [-0.25, -0.2) is 4.39 Å². The van der Waals surface area contributed by atoms with E-state index in [1.807, 2.05) is 12.1 Å². The summed E-state index contributed by atoms with van der Waals surface area (Å²) < 4.78 is 14.2. The molecule has 0 unspecified atom stereocenters. The highest BCUT2D eigenvalue weighted by atomic mass is 127. The summed E-state index contributed by atoms with van der Waals surface area (Å²) in [7, 11) is 0. The molecule has 0 aliphatic carbocycles. The normalized spacial score (nSPS) is 10.2. The molecule has 0 heterocycles. The second-order valence-electron chi connectivity index (χ2n) is 5.02. The Kier molecular flexibility index (Phi) is 6.09. The number of benzene rings is 2. The van der Waals surface area contributed by atoms with Gasteiger partial charge in [0.1, 0.15) is 5.82 Å². The largest absolute Gasteiger partial charge is 0.350 e. The van der Waals surface area contributed by atoms with E-state index in [-0.39, 0.29) is 30.7 Å². The molecule has 0 saturated carbocycles. The fraction of sp³-hybridized carbons (Fsp3) is 0.176. The number of hydrogen-bond acceptors (Lipinski definition) is 2. The quantitative estimate of drug-likeness (QED) is 0.723. The summed E-state index contributed by atoms with van der Waals surface area (Å²) in [5.41, 5.74) is 1.76. The van der Waals surface area contributed by atoms with Gasteiger partial charge in [-0.1, -0.05) is 24.3 Å². The smallest absolute Gasteiger partial charge is 0.252 e. The highest BCUT2D eigenvalue weighted by Crippen LogP contribution is 2.11. The average molecular weight is 426 g/mol. The molecule has 0 bridgehead atoms. The van der Waals surface area contributed by atoms with Gasteiger partial charge in [-0.05, 0) is 58.8 Å². The van der Waals surface area contributed by atoms with Gasteiger partial charge < -0.3 is 10.6 Å². The lowest BCUT2D eigenvalue weighted by atomic mass is 10.1. The molecule has 0 aliphatic heterocycles. The molecule has 2 aromatic carbocycles. The molecule has 120 valence electrons. The summed E-state index contributed by atoms with van der Waals surface area (Å²) in [6, 6.07) is 11.9. The SMILES string of the molecule is Cc1ccc(CNC(=O)CNC(=O)c2ccccc2I)cc1F. The Balaban J connectivity index is 1.82. The second-order valence-corrected chi connectivity index (χ2v) is 6.18. The molecule has 23 heavy (non-hydrogen) atoms. The van der Waals surface area contributed by atoms with Crippen molar-refractivity contribution in [1.29, 1.82) is 0 Å². The number of carbonyl (C=O) groups is 2. The zero-order chi connectivity index (χ0) is 16.8. The van der Waals surface area contributed by atoms with Crippen molar-refractivity contribution in [2.75, 3.05) is 6.54 Å². The van der Waals surface area contributed by atoms with E-state index in [4.69, 9.17) is 0 Å². The van der Waals surface area contributed by atoms with Crippen molar-refractivity contribution in [3.63, 3.8) is 0 Å². The van der Waals surface area contributed by atoms with Crippen LogP contribution in [-0.2, 0) is 11.3 Å². The van der Waals surface area contributed by atoms with Crippen molar-refractivity contribution in [2.45, 2.75) is 13.5 Å². The monoisotopic (exact) mass is 426 g/mol. The summed E-state index contributed by atoms with van der Waals surface area (Å²) in [4.78, 5) is 23.7. The van der Waals surface area contributed by atoms with Crippen LogP contribution in [0.1, 0.15) is 21.5 Å². The number of halogens is 2. The Hall–Kier alpha value is -1.96. The van der Waals surface area contributed by atoms with Crippen LogP contribution in [-0.4, -0.2) is 18.4 Å². The van der Waals surface area contributed by atoms with Crippen LogP contribution >= 0.6 is 22.6 Å². The van der Waals surface area contributed by atoms with Gasteiger partial charge in [-0.2, -0.15) is 0 Å². The fourth-order valence-corrected chi connectivity index (χ4v) is 2.54. The minimum atomic E-state index is -0.328. The van der Waals surface area contributed by atoms with Crippen LogP contribution in [0.15, 0.2) is 42.5 Å². The lowest BCUT2D eigenvalue weighted by Crippen LogP contribution is -2.36. The average Bonchev–Trinajstić information content (AvgIpc) is 2.54. The van der Waals surface area contributed by atoms with Crippen LogP contribution in [0.5, 0.6) is 0 Å². The van der Waals surface area contributed by atoms with E-state index < -0.39 is 0 Å². The maximum Gasteiger partial charge on any atom is 0.252 e. The van der Waals surface area contributed by atoms with Crippen molar-refractivity contribution in [2.24, 2.45) is 0 Å². The number of rotatable bonds is 5. The van der Waals surface area contributed by atoms with Crippen molar-refractivity contribution in [1.82, 2.24) is 10.6 Å². The van der Waals surface area contributed by atoms with Gasteiger partial charge in [0.2, 0.25) is 5.91 Å². The van der Waals surface area contributed by atoms with Gasteiger partial charge in [0, 0.05) is 10.1 Å². The molecule has 0 atom stereocenters. The Bertz CT molecular complexity index is 734. The van der Waals surface area contributed by atoms with E-state index in [2.05, 4.69) is 33.2 Å². The van der Waals surface area contributed by atoms with Crippen LogP contribution in [0.3, 0.4) is 0 Å². The molecule has 0 fully saturated rings. The van der Waals surface area contributed by atoms with Crippen molar-refractivity contribution >= 4 is 34.4 Å². The maximum absolute atomic E-state index is 13.4. The highest BCUT2D eigenvalue weighted by Gasteiger charge is 2.10. The molecular weight excluding hydrogens is 410 g/mol. The molecule has 2 amide bonds. The number of amides is 2. The van der Waals surface area contributed by atoms with Crippen molar-refractivity contribution < 1.29 is 14.0 Å². The summed E-state index contributed by atoms with van der Waals surface area (Å²) in [5.74, 6) is -0.930.